The van der Waals surface area contributed by atoms with Gasteiger partial charge in [0.1, 0.15) is 34.6 Å². The molecule has 1 aliphatic heterocycles. The van der Waals surface area contributed by atoms with E-state index in [0.29, 0.717) is 47.3 Å². The van der Waals surface area contributed by atoms with E-state index in [1.807, 2.05) is 31.2 Å². The summed E-state index contributed by atoms with van der Waals surface area (Å²) in [6, 6.07) is 21.6. The van der Waals surface area contributed by atoms with Gasteiger partial charge in [0, 0.05) is 17.2 Å². The molecule has 3 aromatic rings. The number of unbranched alkanes of at least 4 members (excludes halogenated alkanes) is 1. The average Bonchev–Trinajstić information content (AvgIpc) is 2.89. The number of hydrogen-bond acceptors (Lipinski definition) is 7. The van der Waals surface area contributed by atoms with Crippen LogP contribution < -0.4 is 24.7 Å². The Morgan fingerprint density at radius 2 is 1.75 bits per heavy atom. The second kappa shape index (κ2) is 11.3. The number of carbonyl (C=O) groups excluding carboxylic acids is 1. The van der Waals surface area contributed by atoms with Crippen molar-refractivity contribution in [1.29, 1.82) is 5.26 Å². The van der Waals surface area contributed by atoms with Crippen LogP contribution in [0.15, 0.2) is 78.2 Å². The third-order valence-electron chi connectivity index (χ3n) is 5.79. The molecule has 0 saturated carbocycles. The van der Waals surface area contributed by atoms with Gasteiger partial charge in [-0.25, -0.2) is 4.79 Å². The van der Waals surface area contributed by atoms with Crippen LogP contribution in [0, 0.1) is 11.3 Å². The number of fused-ring (bicyclic) bond motifs is 1. The highest BCUT2D eigenvalue weighted by Gasteiger charge is 2.33. The van der Waals surface area contributed by atoms with E-state index in [2.05, 4.69) is 13.0 Å². The summed E-state index contributed by atoms with van der Waals surface area (Å²) in [4.78, 5) is 12.7. The molecule has 36 heavy (non-hydrogen) atoms. The molecule has 7 heteroatoms. The maximum atomic E-state index is 12.7. The summed E-state index contributed by atoms with van der Waals surface area (Å²) in [7, 11) is 0. The molecule has 1 unspecified atom stereocenters. The molecular weight excluding hydrogens is 456 g/mol. The zero-order chi connectivity index (χ0) is 25.5. The monoisotopic (exact) mass is 484 g/mol. The predicted octanol–water partition coefficient (Wildman–Crippen LogP) is 5.70. The van der Waals surface area contributed by atoms with Crippen molar-refractivity contribution in [3.63, 3.8) is 0 Å². The maximum absolute atomic E-state index is 12.7. The van der Waals surface area contributed by atoms with Crippen LogP contribution >= 0.6 is 0 Å². The average molecular weight is 485 g/mol. The van der Waals surface area contributed by atoms with Gasteiger partial charge in [-0.2, -0.15) is 5.26 Å². The molecule has 3 aromatic carbocycles. The lowest BCUT2D eigenvalue weighted by atomic mass is 9.83. The number of esters is 1. The highest BCUT2D eigenvalue weighted by molar-refractivity contribution is 5.91. The molecule has 0 fully saturated rings. The summed E-state index contributed by atoms with van der Waals surface area (Å²) < 4.78 is 22.8. The van der Waals surface area contributed by atoms with E-state index in [9.17, 15) is 10.1 Å². The SMILES string of the molecule is CCCCOc1ccc(C(=O)Oc2ccc3c(c2)OC(N)=C(C#N)C3c2ccccc2OCC)cc1. The lowest BCUT2D eigenvalue weighted by molar-refractivity contribution is 0.0734. The molecule has 1 heterocycles. The summed E-state index contributed by atoms with van der Waals surface area (Å²) in [6.07, 6.45) is 2.02. The van der Waals surface area contributed by atoms with Crippen LogP contribution in [-0.4, -0.2) is 19.2 Å². The minimum atomic E-state index is -0.509. The fourth-order valence-electron chi connectivity index (χ4n) is 4.01. The number of para-hydroxylation sites is 1. The first-order valence-electron chi connectivity index (χ1n) is 11.9. The Morgan fingerprint density at radius 1 is 1.00 bits per heavy atom. The Labute approximate surface area is 210 Å². The van der Waals surface area contributed by atoms with Gasteiger partial charge < -0.3 is 24.7 Å². The van der Waals surface area contributed by atoms with Gasteiger partial charge in [-0.3, -0.25) is 0 Å². The van der Waals surface area contributed by atoms with Crippen molar-refractivity contribution in [1.82, 2.24) is 0 Å². The fraction of sp³-hybridized carbons (Fsp3) is 0.241. The van der Waals surface area contributed by atoms with Crippen LogP contribution in [0.3, 0.4) is 0 Å². The van der Waals surface area contributed by atoms with Crippen molar-refractivity contribution >= 4 is 5.97 Å². The second-order valence-corrected chi connectivity index (χ2v) is 8.21. The van der Waals surface area contributed by atoms with Crippen molar-refractivity contribution in [2.75, 3.05) is 13.2 Å². The zero-order valence-corrected chi connectivity index (χ0v) is 20.3. The van der Waals surface area contributed by atoms with Gasteiger partial charge in [-0.15, -0.1) is 0 Å². The van der Waals surface area contributed by atoms with Gasteiger partial charge in [0.05, 0.1) is 24.7 Å². The highest BCUT2D eigenvalue weighted by Crippen LogP contribution is 2.45. The molecule has 0 saturated heterocycles. The minimum absolute atomic E-state index is 0.00319. The Bertz CT molecular complexity index is 1310. The predicted molar refractivity (Wildman–Crippen MR) is 135 cm³/mol. The molecule has 0 aliphatic carbocycles. The number of rotatable bonds is 9. The van der Waals surface area contributed by atoms with Gasteiger partial charge in [0.2, 0.25) is 5.88 Å². The van der Waals surface area contributed by atoms with Gasteiger partial charge in [0.25, 0.3) is 0 Å². The first-order valence-corrected chi connectivity index (χ1v) is 11.9. The van der Waals surface area contributed by atoms with Gasteiger partial charge >= 0.3 is 5.97 Å². The standard InChI is InChI=1S/C29H28N2O5/c1-3-5-16-34-20-12-10-19(11-13-20)29(32)35-21-14-15-23-26(17-21)36-28(31)24(18-30)27(23)22-8-6-7-9-25(22)33-4-2/h6-15,17,27H,3-5,16,31H2,1-2H3. The third-order valence-corrected chi connectivity index (χ3v) is 5.79. The number of nitrogens with two attached hydrogens (primary N) is 1. The number of benzene rings is 3. The molecule has 1 aliphatic rings. The number of carbonyl (C=O) groups is 1. The molecule has 1 atom stereocenters. The molecular formula is C29H28N2O5. The topological polar surface area (TPSA) is 104 Å². The van der Waals surface area contributed by atoms with Crippen LogP contribution in [0.5, 0.6) is 23.0 Å². The van der Waals surface area contributed by atoms with Crippen molar-refractivity contribution in [3.8, 4) is 29.1 Å². The lowest BCUT2D eigenvalue weighted by Crippen LogP contribution is -2.21. The summed E-state index contributed by atoms with van der Waals surface area (Å²) in [6.45, 7) is 5.12. The smallest absolute Gasteiger partial charge is 0.343 e. The van der Waals surface area contributed by atoms with Crippen molar-refractivity contribution in [3.05, 3.63) is 94.9 Å². The Kier molecular flexibility index (Phi) is 7.76. The van der Waals surface area contributed by atoms with E-state index in [0.717, 1.165) is 24.0 Å². The molecule has 0 bridgehead atoms. The summed E-state index contributed by atoms with van der Waals surface area (Å²) in [5, 5.41) is 9.83. The van der Waals surface area contributed by atoms with E-state index in [4.69, 9.17) is 24.7 Å². The summed E-state index contributed by atoms with van der Waals surface area (Å²) in [5.74, 6) is 1.09. The molecule has 184 valence electrons. The van der Waals surface area contributed by atoms with E-state index in [1.54, 1.807) is 42.5 Å². The Morgan fingerprint density at radius 3 is 2.47 bits per heavy atom. The van der Waals surface area contributed by atoms with Gasteiger partial charge in [-0.1, -0.05) is 37.6 Å². The first-order chi connectivity index (χ1) is 17.5. The first kappa shape index (κ1) is 24.7. The molecule has 7 nitrogen and oxygen atoms in total. The number of hydrogen-bond donors (Lipinski definition) is 1. The zero-order valence-electron chi connectivity index (χ0n) is 20.3. The molecule has 0 spiro atoms. The van der Waals surface area contributed by atoms with Crippen LogP contribution in [0.4, 0.5) is 0 Å². The Hall–Kier alpha value is -4.44. The quantitative estimate of drug-likeness (QED) is 0.236. The minimum Gasteiger partial charge on any atom is -0.494 e. The largest absolute Gasteiger partial charge is 0.494 e. The lowest BCUT2D eigenvalue weighted by Gasteiger charge is -2.27. The number of ether oxygens (including phenoxy) is 4. The maximum Gasteiger partial charge on any atom is 0.343 e. The summed E-state index contributed by atoms with van der Waals surface area (Å²) in [5.41, 5.74) is 8.34. The molecule has 0 aromatic heterocycles. The molecule has 2 N–H and O–H groups in total. The number of nitrogens with zero attached hydrogens (tertiary/aromatic N) is 1. The van der Waals surface area contributed by atoms with Crippen molar-refractivity contribution in [2.45, 2.75) is 32.6 Å². The highest BCUT2D eigenvalue weighted by atomic mass is 16.5. The van der Waals surface area contributed by atoms with Crippen LogP contribution in [0.25, 0.3) is 0 Å². The third kappa shape index (κ3) is 5.28. The van der Waals surface area contributed by atoms with Crippen LogP contribution in [0.1, 0.15) is 54.1 Å². The van der Waals surface area contributed by atoms with Crippen LogP contribution in [0.2, 0.25) is 0 Å². The van der Waals surface area contributed by atoms with Gasteiger partial charge in [0.15, 0.2) is 0 Å². The fourth-order valence-corrected chi connectivity index (χ4v) is 4.01. The van der Waals surface area contributed by atoms with E-state index in [1.165, 1.54) is 0 Å². The van der Waals surface area contributed by atoms with Crippen molar-refractivity contribution in [2.24, 2.45) is 5.73 Å². The molecule has 4 rings (SSSR count). The van der Waals surface area contributed by atoms with E-state index < -0.39 is 11.9 Å². The normalized spacial score (nSPS) is 14.3. The van der Waals surface area contributed by atoms with Gasteiger partial charge in [-0.05, 0) is 49.7 Å². The van der Waals surface area contributed by atoms with E-state index in [-0.39, 0.29) is 5.88 Å². The van der Waals surface area contributed by atoms with Crippen LogP contribution in [-0.2, 0) is 0 Å². The molecule has 0 amide bonds. The summed E-state index contributed by atoms with van der Waals surface area (Å²) >= 11 is 0. The number of nitriles is 1. The molecule has 0 radical (unpaired) electrons. The Balaban J connectivity index is 1.58. The van der Waals surface area contributed by atoms with Crippen molar-refractivity contribution < 1.29 is 23.7 Å². The number of allylic oxidation sites excluding steroid dienone is 1. The van der Waals surface area contributed by atoms with E-state index >= 15 is 0 Å². The second-order valence-electron chi connectivity index (χ2n) is 8.21.